The van der Waals surface area contributed by atoms with Gasteiger partial charge in [0.05, 0.1) is 11.6 Å². The topological polar surface area (TPSA) is 61.6 Å². The summed E-state index contributed by atoms with van der Waals surface area (Å²) in [7, 11) is 0. The Labute approximate surface area is 116 Å². The van der Waals surface area contributed by atoms with Crippen molar-refractivity contribution in [2.75, 3.05) is 5.32 Å². The molecule has 0 bridgehead atoms. The van der Waals surface area contributed by atoms with Gasteiger partial charge in [0.1, 0.15) is 11.0 Å². The Balaban J connectivity index is 2.29. The second-order valence-corrected chi connectivity index (χ2v) is 4.10. The maximum atomic E-state index is 12.5. The van der Waals surface area contributed by atoms with Gasteiger partial charge in [-0.3, -0.25) is 0 Å². The van der Waals surface area contributed by atoms with Gasteiger partial charge in [-0.15, -0.1) is 0 Å². The molecule has 0 fully saturated rings. The van der Waals surface area contributed by atoms with Crippen LogP contribution >= 0.6 is 11.6 Å². The molecular formula is C12H6ClF3N4. The summed E-state index contributed by atoms with van der Waals surface area (Å²) in [6.07, 6.45) is -4.67. The third kappa shape index (κ3) is 3.36. The van der Waals surface area contributed by atoms with Crippen LogP contribution in [-0.4, -0.2) is 9.97 Å². The Morgan fingerprint density at radius 3 is 2.35 bits per heavy atom. The highest BCUT2D eigenvalue weighted by atomic mass is 35.5. The minimum atomic E-state index is -4.67. The SMILES string of the molecule is N#Cc1ccc(Nc2cc(Cl)nc(C(F)(F)F)n2)cc1. The van der Waals surface area contributed by atoms with Gasteiger partial charge in [-0.2, -0.15) is 18.4 Å². The molecule has 0 unspecified atom stereocenters. The summed E-state index contributed by atoms with van der Waals surface area (Å²) >= 11 is 5.54. The van der Waals surface area contributed by atoms with Crippen molar-refractivity contribution in [3.63, 3.8) is 0 Å². The molecule has 0 amide bonds. The number of rotatable bonds is 2. The summed E-state index contributed by atoms with van der Waals surface area (Å²) in [5.74, 6) is -1.40. The molecular weight excluding hydrogens is 293 g/mol. The first-order chi connectivity index (χ1) is 9.38. The minimum absolute atomic E-state index is 0.0815. The number of hydrogen-bond acceptors (Lipinski definition) is 4. The average Bonchev–Trinajstić information content (AvgIpc) is 2.38. The van der Waals surface area contributed by atoms with Gasteiger partial charge < -0.3 is 5.32 Å². The number of benzene rings is 1. The number of hydrogen-bond donors (Lipinski definition) is 1. The highest BCUT2D eigenvalue weighted by Crippen LogP contribution is 2.29. The number of nitrogens with zero attached hydrogens (tertiary/aromatic N) is 3. The Bertz CT molecular complexity index is 662. The van der Waals surface area contributed by atoms with Gasteiger partial charge in [-0.1, -0.05) is 11.6 Å². The van der Waals surface area contributed by atoms with Crippen LogP contribution in [0.25, 0.3) is 0 Å². The van der Waals surface area contributed by atoms with Gasteiger partial charge >= 0.3 is 6.18 Å². The molecule has 0 aliphatic rings. The van der Waals surface area contributed by atoms with E-state index in [-0.39, 0.29) is 11.0 Å². The minimum Gasteiger partial charge on any atom is -0.340 e. The predicted molar refractivity (Wildman–Crippen MR) is 66.5 cm³/mol. The van der Waals surface area contributed by atoms with Crippen molar-refractivity contribution in [2.45, 2.75) is 6.18 Å². The number of anilines is 2. The summed E-state index contributed by atoms with van der Waals surface area (Å²) in [6.45, 7) is 0. The van der Waals surface area contributed by atoms with Crippen LogP contribution in [0.4, 0.5) is 24.7 Å². The van der Waals surface area contributed by atoms with Crippen LogP contribution in [0.5, 0.6) is 0 Å². The molecule has 1 heterocycles. The van der Waals surface area contributed by atoms with Gasteiger partial charge in [-0.05, 0) is 24.3 Å². The standard InChI is InChI=1S/C12H6ClF3N4/c13-9-5-10(20-11(19-9)12(14,15)16)18-8-3-1-7(6-17)2-4-8/h1-5H,(H,18,19,20). The third-order valence-corrected chi connectivity index (χ3v) is 2.43. The molecule has 0 saturated heterocycles. The maximum Gasteiger partial charge on any atom is 0.451 e. The molecule has 0 spiro atoms. The lowest BCUT2D eigenvalue weighted by molar-refractivity contribution is -0.144. The largest absolute Gasteiger partial charge is 0.451 e. The molecule has 102 valence electrons. The van der Waals surface area contributed by atoms with E-state index in [2.05, 4.69) is 15.3 Å². The Morgan fingerprint density at radius 2 is 1.80 bits per heavy atom. The zero-order valence-electron chi connectivity index (χ0n) is 9.74. The molecule has 2 aromatic rings. The van der Waals surface area contributed by atoms with Crippen LogP contribution in [0, 0.1) is 11.3 Å². The van der Waals surface area contributed by atoms with E-state index >= 15 is 0 Å². The number of aromatic nitrogens is 2. The van der Waals surface area contributed by atoms with Crippen LogP contribution < -0.4 is 5.32 Å². The molecule has 20 heavy (non-hydrogen) atoms. The number of alkyl halides is 3. The first-order valence-electron chi connectivity index (χ1n) is 5.27. The van der Waals surface area contributed by atoms with Crippen molar-refractivity contribution in [2.24, 2.45) is 0 Å². The molecule has 0 atom stereocenters. The lowest BCUT2D eigenvalue weighted by Gasteiger charge is -2.09. The zero-order valence-corrected chi connectivity index (χ0v) is 10.5. The normalized spacial score (nSPS) is 10.9. The van der Waals surface area contributed by atoms with Crippen molar-refractivity contribution in [3.8, 4) is 6.07 Å². The average molecular weight is 299 g/mol. The molecule has 1 aromatic carbocycles. The highest BCUT2D eigenvalue weighted by Gasteiger charge is 2.35. The second-order valence-electron chi connectivity index (χ2n) is 3.71. The van der Waals surface area contributed by atoms with E-state index in [1.165, 1.54) is 18.2 Å². The van der Waals surface area contributed by atoms with Crippen molar-refractivity contribution < 1.29 is 13.2 Å². The van der Waals surface area contributed by atoms with Crippen LogP contribution in [0.15, 0.2) is 30.3 Å². The molecule has 0 aliphatic heterocycles. The fourth-order valence-corrected chi connectivity index (χ4v) is 1.57. The van der Waals surface area contributed by atoms with Crippen LogP contribution in [0.2, 0.25) is 5.15 Å². The first-order valence-corrected chi connectivity index (χ1v) is 5.65. The zero-order chi connectivity index (χ0) is 14.8. The number of halogens is 4. The van der Waals surface area contributed by atoms with Crippen LogP contribution in [-0.2, 0) is 6.18 Å². The summed E-state index contributed by atoms with van der Waals surface area (Å²) in [6, 6.07) is 9.24. The third-order valence-electron chi connectivity index (χ3n) is 2.23. The van der Waals surface area contributed by atoms with E-state index in [0.717, 1.165) is 0 Å². The highest BCUT2D eigenvalue weighted by molar-refractivity contribution is 6.29. The van der Waals surface area contributed by atoms with Crippen molar-refractivity contribution in [1.29, 1.82) is 5.26 Å². The Hall–Kier alpha value is -2.33. The summed E-state index contributed by atoms with van der Waals surface area (Å²) in [5.41, 5.74) is 0.916. The summed E-state index contributed by atoms with van der Waals surface area (Å²) in [4.78, 5) is 6.47. The van der Waals surface area contributed by atoms with E-state index in [1.54, 1.807) is 12.1 Å². The fraction of sp³-hybridized carbons (Fsp3) is 0.0833. The van der Waals surface area contributed by atoms with Crippen molar-refractivity contribution in [3.05, 3.63) is 46.9 Å². The lowest BCUT2D eigenvalue weighted by Crippen LogP contribution is -2.12. The van der Waals surface area contributed by atoms with E-state index in [0.29, 0.717) is 11.3 Å². The van der Waals surface area contributed by atoms with Crippen molar-refractivity contribution >= 4 is 23.1 Å². The Morgan fingerprint density at radius 1 is 1.15 bits per heavy atom. The molecule has 1 aromatic heterocycles. The van der Waals surface area contributed by atoms with Gasteiger partial charge in [-0.25, -0.2) is 9.97 Å². The smallest absolute Gasteiger partial charge is 0.340 e. The number of nitrogens with one attached hydrogen (secondary N) is 1. The van der Waals surface area contributed by atoms with E-state index < -0.39 is 12.0 Å². The quantitative estimate of drug-likeness (QED) is 0.857. The van der Waals surface area contributed by atoms with Crippen LogP contribution in [0.1, 0.15) is 11.4 Å². The summed E-state index contributed by atoms with van der Waals surface area (Å²) in [5, 5.41) is 11.0. The molecule has 1 N–H and O–H groups in total. The van der Waals surface area contributed by atoms with Gasteiger partial charge in [0, 0.05) is 11.8 Å². The van der Waals surface area contributed by atoms with Crippen LogP contribution in [0.3, 0.4) is 0 Å². The molecule has 2 rings (SSSR count). The fourth-order valence-electron chi connectivity index (χ4n) is 1.38. The predicted octanol–water partition coefficient (Wildman–Crippen LogP) is 3.76. The summed E-state index contributed by atoms with van der Waals surface area (Å²) < 4.78 is 37.6. The van der Waals surface area contributed by atoms with Crippen molar-refractivity contribution in [1.82, 2.24) is 9.97 Å². The van der Waals surface area contributed by atoms with Gasteiger partial charge in [0.25, 0.3) is 0 Å². The molecule has 0 aliphatic carbocycles. The second kappa shape index (κ2) is 5.35. The van der Waals surface area contributed by atoms with E-state index in [9.17, 15) is 13.2 Å². The maximum absolute atomic E-state index is 12.5. The van der Waals surface area contributed by atoms with Gasteiger partial charge in [0.2, 0.25) is 5.82 Å². The van der Waals surface area contributed by atoms with E-state index in [1.807, 2.05) is 6.07 Å². The molecule has 4 nitrogen and oxygen atoms in total. The number of nitriles is 1. The lowest BCUT2D eigenvalue weighted by atomic mass is 10.2. The van der Waals surface area contributed by atoms with Gasteiger partial charge in [0.15, 0.2) is 0 Å². The first kappa shape index (κ1) is 14.1. The Kier molecular flexibility index (Phi) is 3.77. The molecule has 8 heteroatoms. The monoisotopic (exact) mass is 298 g/mol. The van der Waals surface area contributed by atoms with E-state index in [4.69, 9.17) is 16.9 Å². The molecule has 0 saturated carbocycles. The molecule has 0 radical (unpaired) electrons.